The largest absolute Gasteiger partial charge is 0.350 e. The molecule has 2 saturated heterocycles. The number of pyridine rings is 1. The van der Waals surface area contributed by atoms with Gasteiger partial charge in [0.2, 0.25) is 11.8 Å². The van der Waals surface area contributed by atoms with E-state index in [4.69, 9.17) is 11.6 Å². The number of nitrogens with one attached hydrogen (secondary N) is 2. The summed E-state index contributed by atoms with van der Waals surface area (Å²) in [5.41, 5.74) is 3.98. The highest BCUT2D eigenvalue weighted by Gasteiger charge is 2.39. The lowest BCUT2D eigenvalue weighted by Gasteiger charge is -2.32. The third kappa shape index (κ3) is 3.93. The molecule has 0 radical (unpaired) electrons. The Kier molecular flexibility index (Phi) is 5.52. The molecule has 2 aromatic heterocycles. The van der Waals surface area contributed by atoms with E-state index in [0.29, 0.717) is 42.5 Å². The first kappa shape index (κ1) is 22.7. The molecule has 36 heavy (non-hydrogen) atoms. The van der Waals surface area contributed by atoms with Gasteiger partial charge in [-0.1, -0.05) is 23.7 Å². The van der Waals surface area contributed by atoms with Crippen LogP contribution in [0.1, 0.15) is 63.6 Å². The number of carbonyl (C=O) groups is 4. The summed E-state index contributed by atoms with van der Waals surface area (Å²) in [5.74, 6) is -0.622. The number of aromatic nitrogens is 2. The molecular weight excluding hydrogens is 482 g/mol. The van der Waals surface area contributed by atoms with Crippen LogP contribution in [0.4, 0.5) is 0 Å². The summed E-state index contributed by atoms with van der Waals surface area (Å²) in [4.78, 5) is 60.4. The third-order valence-corrected chi connectivity index (χ3v) is 7.71. The second kappa shape index (κ2) is 8.74. The number of carbonyl (C=O) groups excluding carboxylic acids is 4. The number of imide groups is 1. The van der Waals surface area contributed by atoms with Crippen molar-refractivity contribution in [3.05, 3.63) is 64.1 Å². The monoisotopic (exact) mass is 505 g/mol. The number of likely N-dealkylation sites (tertiary alicyclic amines) is 1. The summed E-state index contributed by atoms with van der Waals surface area (Å²) in [6, 6.07) is 8.80. The molecule has 3 aromatic rings. The molecular formula is C26H24ClN5O4. The minimum absolute atomic E-state index is 0.0415. The lowest BCUT2D eigenvalue weighted by atomic mass is 9.88. The number of benzene rings is 1. The van der Waals surface area contributed by atoms with Crippen molar-refractivity contribution in [2.45, 2.75) is 44.2 Å². The van der Waals surface area contributed by atoms with E-state index in [1.807, 2.05) is 17.0 Å². The number of rotatable bonds is 3. The smallest absolute Gasteiger partial charge is 0.270 e. The maximum absolute atomic E-state index is 13.1. The van der Waals surface area contributed by atoms with Crippen molar-refractivity contribution in [1.82, 2.24) is 25.1 Å². The van der Waals surface area contributed by atoms with Crippen molar-refractivity contribution in [3.8, 4) is 0 Å². The predicted octanol–water partition coefficient (Wildman–Crippen LogP) is 3.00. The van der Waals surface area contributed by atoms with Gasteiger partial charge in [0.25, 0.3) is 11.8 Å². The molecule has 0 bridgehead atoms. The second-order valence-electron chi connectivity index (χ2n) is 9.66. The Morgan fingerprint density at radius 2 is 1.86 bits per heavy atom. The van der Waals surface area contributed by atoms with Gasteiger partial charge in [-0.2, -0.15) is 0 Å². The minimum atomic E-state index is -0.614. The topological polar surface area (TPSA) is 115 Å². The van der Waals surface area contributed by atoms with Crippen LogP contribution in [-0.2, 0) is 16.1 Å². The van der Waals surface area contributed by atoms with E-state index >= 15 is 0 Å². The Morgan fingerprint density at radius 3 is 2.64 bits per heavy atom. The molecule has 2 N–H and O–H groups in total. The fraction of sp³-hybridized carbons (Fsp3) is 0.346. The average Bonchev–Trinajstić information content (AvgIpc) is 3.44. The molecule has 0 spiro atoms. The Morgan fingerprint density at radius 1 is 1.06 bits per heavy atom. The van der Waals surface area contributed by atoms with E-state index in [1.165, 1.54) is 0 Å². The molecule has 0 saturated carbocycles. The molecule has 6 rings (SSSR count). The van der Waals surface area contributed by atoms with E-state index < -0.39 is 11.9 Å². The van der Waals surface area contributed by atoms with Crippen LogP contribution < -0.4 is 5.32 Å². The van der Waals surface area contributed by atoms with Gasteiger partial charge in [-0.25, -0.2) is 4.98 Å². The van der Waals surface area contributed by atoms with Gasteiger partial charge in [0.05, 0.1) is 5.52 Å². The fourth-order valence-corrected chi connectivity index (χ4v) is 5.71. The maximum atomic E-state index is 13.1. The van der Waals surface area contributed by atoms with Gasteiger partial charge in [-0.3, -0.25) is 24.5 Å². The van der Waals surface area contributed by atoms with Crippen LogP contribution >= 0.6 is 11.6 Å². The number of hydrogen-bond donors (Lipinski definition) is 2. The predicted molar refractivity (Wildman–Crippen MR) is 131 cm³/mol. The SMILES string of the molecule is O=C1CCC(N2Cc3cc(C4CCN(C(=O)c5cc6cnc(Cl)cc6[nH]5)CC4)ccc3C2=O)C(=O)N1. The highest BCUT2D eigenvalue weighted by molar-refractivity contribution is 6.30. The number of fused-ring (bicyclic) bond motifs is 2. The van der Waals surface area contributed by atoms with Gasteiger partial charge in [0, 0.05) is 43.2 Å². The van der Waals surface area contributed by atoms with Crippen molar-refractivity contribution >= 4 is 46.1 Å². The first-order chi connectivity index (χ1) is 17.4. The van der Waals surface area contributed by atoms with E-state index in [9.17, 15) is 19.2 Å². The van der Waals surface area contributed by atoms with Crippen LogP contribution in [0.25, 0.3) is 10.9 Å². The van der Waals surface area contributed by atoms with Crippen LogP contribution in [0.15, 0.2) is 36.5 Å². The molecule has 10 heteroatoms. The number of aromatic amines is 1. The Labute approximate surface area is 211 Å². The lowest BCUT2D eigenvalue weighted by molar-refractivity contribution is -0.136. The summed E-state index contributed by atoms with van der Waals surface area (Å²) < 4.78 is 0. The average molecular weight is 506 g/mol. The number of amides is 4. The highest BCUT2D eigenvalue weighted by atomic mass is 35.5. The van der Waals surface area contributed by atoms with Gasteiger partial charge < -0.3 is 14.8 Å². The molecule has 184 valence electrons. The van der Waals surface area contributed by atoms with Gasteiger partial charge in [-0.15, -0.1) is 0 Å². The molecule has 4 amide bonds. The summed E-state index contributed by atoms with van der Waals surface area (Å²) in [7, 11) is 0. The highest BCUT2D eigenvalue weighted by Crippen LogP contribution is 2.34. The third-order valence-electron chi connectivity index (χ3n) is 7.50. The molecule has 9 nitrogen and oxygen atoms in total. The molecule has 3 aliphatic heterocycles. The van der Waals surface area contributed by atoms with Gasteiger partial charge in [0.1, 0.15) is 16.9 Å². The molecule has 5 heterocycles. The van der Waals surface area contributed by atoms with Crippen molar-refractivity contribution in [1.29, 1.82) is 0 Å². The zero-order valence-corrected chi connectivity index (χ0v) is 20.2. The van der Waals surface area contributed by atoms with Crippen LogP contribution in [0, 0.1) is 0 Å². The zero-order chi connectivity index (χ0) is 25.0. The van der Waals surface area contributed by atoms with Crippen molar-refractivity contribution < 1.29 is 19.2 Å². The lowest BCUT2D eigenvalue weighted by Crippen LogP contribution is -2.52. The van der Waals surface area contributed by atoms with Crippen LogP contribution in [-0.4, -0.2) is 62.5 Å². The van der Waals surface area contributed by atoms with E-state index in [0.717, 1.165) is 34.9 Å². The summed E-state index contributed by atoms with van der Waals surface area (Å²) in [5, 5.41) is 3.56. The molecule has 2 fully saturated rings. The van der Waals surface area contributed by atoms with Gasteiger partial charge in [0.15, 0.2) is 0 Å². The maximum Gasteiger partial charge on any atom is 0.270 e. The first-order valence-corrected chi connectivity index (χ1v) is 12.5. The second-order valence-corrected chi connectivity index (χ2v) is 10.0. The summed E-state index contributed by atoms with van der Waals surface area (Å²) in [6.45, 7) is 1.64. The van der Waals surface area contributed by atoms with Crippen molar-refractivity contribution in [3.63, 3.8) is 0 Å². The Hall–Kier alpha value is -3.72. The van der Waals surface area contributed by atoms with Gasteiger partial charge in [-0.05, 0) is 54.5 Å². The van der Waals surface area contributed by atoms with Gasteiger partial charge >= 0.3 is 0 Å². The van der Waals surface area contributed by atoms with Crippen LogP contribution in [0.5, 0.6) is 0 Å². The molecule has 1 atom stereocenters. The van der Waals surface area contributed by atoms with E-state index in [2.05, 4.69) is 21.4 Å². The van der Waals surface area contributed by atoms with E-state index in [1.54, 1.807) is 23.2 Å². The molecule has 3 aliphatic rings. The van der Waals surface area contributed by atoms with E-state index in [-0.39, 0.29) is 30.1 Å². The number of H-pyrrole nitrogens is 1. The zero-order valence-electron chi connectivity index (χ0n) is 19.4. The normalized spacial score (nSPS) is 20.7. The van der Waals surface area contributed by atoms with Crippen LogP contribution in [0.2, 0.25) is 5.15 Å². The number of hydrogen-bond acceptors (Lipinski definition) is 5. The minimum Gasteiger partial charge on any atom is -0.350 e. The quantitative estimate of drug-likeness (QED) is 0.419. The molecule has 1 aromatic carbocycles. The number of piperidine rings is 2. The summed E-state index contributed by atoms with van der Waals surface area (Å²) in [6.07, 6.45) is 3.88. The fourth-order valence-electron chi connectivity index (χ4n) is 5.55. The standard InChI is InChI=1S/C26H24ClN5O4/c27-22-11-19-16(12-28-22)10-20(29-19)26(36)31-7-5-14(6-8-31)15-1-2-18-17(9-15)13-32(25(18)35)21-3-4-23(33)30-24(21)34/h1-2,9-12,14,21,29H,3-8,13H2,(H,30,33,34). The van der Waals surface area contributed by atoms with Crippen molar-refractivity contribution in [2.24, 2.45) is 0 Å². The number of halogens is 1. The molecule has 1 unspecified atom stereocenters. The first-order valence-electron chi connectivity index (χ1n) is 12.1. The Balaban J connectivity index is 1.12. The Bertz CT molecular complexity index is 1420. The number of nitrogens with zero attached hydrogens (tertiary/aromatic N) is 3. The van der Waals surface area contributed by atoms with Crippen molar-refractivity contribution in [2.75, 3.05) is 13.1 Å². The van der Waals surface area contributed by atoms with Crippen LogP contribution in [0.3, 0.4) is 0 Å². The molecule has 0 aliphatic carbocycles. The summed E-state index contributed by atoms with van der Waals surface area (Å²) >= 11 is 5.96.